The maximum absolute atomic E-state index is 13.3. The van der Waals surface area contributed by atoms with Crippen LogP contribution in [0.1, 0.15) is 39.7 Å². The number of aliphatic hydroxyl groups excluding tert-OH is 1. The number of aromatic nitrogens is 3. The van der Waals surface area contributed by atoms with Crippen molar-refractivity contribution in [1.29, 1.82) is 0 Å². The number of Topliss-reactive ketones (excluding diaryl/α,β-unsaturated/α-hetero) is 1. The Bertz CT molecular complexity index is 1450. The number of carbonyl (C=O) groups is 2. The highest BCUT2D eigenvalue weighted by atomic mass is 16.3. The van der Waals surface area contributed by atoms with Crippen molar-refractivity contribution in [3.05, 3.63) is 106 Å². The second kappa shape index (κ2) is 8.26. The van der Waals surface area contributed by atoms with E-state index in [1.807, 2.05) is 73.8 Å². The van der Waals surface area contributed by atoms with Gasteiger partial charge in [0, 0.05) is 25.1 Å². The zero-order valence-corrected chi connectivity index (χ0v) is 19.2. The third kappa shape index (κ3) is 3.46. The fourth-order valence-electron chi connectivity index (χ4n) is 4.50. The summed E-state index contributed by atoms with van der Waals surface area (Å²) in [5.74, 6) is -1.65. The Labute approximate surface area is 197 Å². The van der Waals surface area contributed by atoms with E-state index in [0.717, 1.165) is 22.3 Å². The first-order chi connectivity index (χ1) is 16.4. The number of amides is 1. The monoisotopic (exact) mass is 452 g/mol. The lowest BCUT2D eigenvalue weighted by atomic mass is 9.95. The molecule has 1 amide bonds. The summed E-state index contributed by atoms with van der Waals surface area (Å²) in [6.07, 6.45) is 5.18. The number of hydrogen-bond acceptors (Lipinski definition) is 5. The van der Waals surface area contributed by atoms with E-state index in [0.29, 0.717) is 17.0 Å². The van der Waals surface area contributed by atoms with Gasteiger partial charge >= 0.3 is 0 Å². The zero-order chi connectivity index (χ0) is 24.0. The average molecular weight is 453 g/mol. The lowest BCUT2D eigenvalue weighted by molar-refractivity contribution is -0.140. The maximum atomic E-state index is 13.3. The maximum Gasteiger partial charge on any atom is 0.295 e. The van der Waals surface area contributed by atoms with E-state index in [9.17, 15) is 14.7 Å². The summed E-state index contributed by atoms with van der Waals surface area (Å²) in [5.41, 5.74) is 5.26. The number of ketones is 1. The molecule has 1 fully saturated rings. The summed E-state index contributed by atoms with van der Waals surface area (Å²) >= 11 is 0. The van der Waals surface area contributed by atoms with Gasteiger partial charge in [-0.25, -0.2) is 4.98 Å². The molecule has 5 rings (SSSR count). The van der Waals surface area contributed by atoms with Crippen LogP contribution in [0, 0.1) is 20.8 Å². The Balaban J connectivity index is 1.71. The lowest BCUT2D eigenvalue weighted by Gasteiger charge is -2.25. The Morgan fingerprint density at radius 1 is 1.03 bits per heavy atom. The molecule has 3 aromatic heterocycles. The Kier molecular flexibility index (Phi) is 5.24. The molecule has 0 radical (unpaired) electrons. The van der Waals surface area contributed by atoms with E-state index in [1.165, 1.54) is 4.90 Å². The molecule has 1 aliphatic heterocycles. The van der Waals surface area contributed by atoms with E-state index in [4.69, 9.17) is 0 Å². The van der Waals surface area contributed by atoms with Gasteiger partial charge in [-0.15, -0.1) is 0 Å². The summed E-state index contributed by atoms with van der Waals surface area (Å²) in [6, 6.07) is 14.4. The Morgan fingerprint density at radius 3 is 2.47 bits per heavy atom. The van der Waals surface area contributed by atoms with Gasteiger partial charge in [0.2, 0.25) is 0 Å². The van der Waals surface area contributed by atoms with E-state index in [1.54, 1.807) is 18.5 Å². The fourth-order valence-corrected chi connectivity index (χ4v) is 4.50. The topological polar surface area (TPSA) is 87.8 Å². The highest BCUT2D eigenvalue weighted by Gasteiger charge is 2.46. The highest BCUT2D eigenvalue weighted by Crippen LogP contribution is 2.40. The van der Waals surface area contributed by atoms with E-state index in [2.05, 4.69) is 9.97 Å². The highest BCUT2D eigenvalue weighted by molar-refractivity contribution is 6.46. The summed E-state index contributed by atoms with van der Waals surface area (Å²) in [6.45, 7) is 5.93. The van der Waals surface area contributed by atoms with Crippen LogP contribution in [0.15, 0.2) is 72.7 Å². The van der Waals surface area contributed by atoms with E-state index >= 15 is 0 Å². The van der Waals surface area contributed by atoms with Gasteiger partial charge in [0.05, 0.1) is 17.3 Å². The third-order valence-electron chi connectivity index (χ3n) is 6.32. The molecule has 7 nitrogen and oxygen atoms in total. The number of rotatable bonds is 4. The predicted molar refractivity (Wildman–Crippen MR) is 128 cm³/mol. The van der Waals surface area contributed by atoms with Crippen LogP contribution in [-0.4, -0.2) is 36.1 Å². The fraction of sp³-hybridized carbons (Fsp3) is 0.185. The Morgan fingerprint density at radius 2 is 1.79 bits per heavy atom. The van der Waals surface area contributed by atoms with Crippen molar-refractivity contribution in [2.75, 3.05) is 0 Å². The Hall–Kier alpha value is -4.26. The zero-order valence-electron chi connectivity index (χ0n) is 19.2. The number of nitrogens with zero attached hydrogens (tertiary/aromatic N) is 4. The number of aryl methyl sites for hydroxylation is 3. The van der Waals surface area contributed by atoms with Crippen LogP contribution in [0.5, 0.6) is 0 Å². The number of carbonyl (C=O) groups excluding carboxylic acids is 2. The van der Waals surface area contributed by atoms with Crippen molar-refractivity contribution < 1.29 is 14.7 Å². The molecule has 1 aliphatic rings. The molecule has 1 aromatic carbocycles. The molecule has 0 bridgehead atoms. The minimum absolute atomic E-state index is 0.0434. The second-order valence-electron chi connectivity index (χ2n) is 8.63. The summed E-state index contributed by atoms with van der Waals surface area (Å²) < 4.78 is 1.87. The van der Waals surface area contributed by atoms with E-state index < -0.39 is 17.7 Å². The molecule has 4 heterocycles. The van der Waals surface area contributed by atoms with Gasteiger partial charge < -0.3 is 14.4 Å². The van der Waals surface area contributed by atoms with Crippen LogP contribution in [-0.2, 0) is 16.1 Å². The molecule has 34 heavy (non-hydrogen) atoms. The number of likely N-dealkylation sites (tertiary alicyclic amines) is 1. The van der Waals surface area contributed by atoms with Crippen molar-refractivity contribution in [3.8, 4) is 0 Å². The molecule has 1 unspecified atom stereocenters. The molecule has 170 valence electrons. The van der Waals surface area contributed by atoms with Crippen molar-refractivity contribution in [1.82, 2.24) is 19.3 Å². The molecule has 0 spiro atoms. The van der Waals surface area contributed by atoms with Crippen molar-refractivity contribution in [3.63, 3.8) is 0 Å². The number of imidazole rings is 1. The minimum atomic E-state index is -0.744. The van der Waals surface area contributed by atoms with Crippen LogP contribution in [0.2, 0.25) is 0 Å². The summed E-state index contributed by atoms with van der Waals surface area (Å²) in [4.78, 5) is 36.8. The van der Waals surface area contributed by atoms with Crippen molar-refractivity contribution >= 4 is 23.1 Å². The van der Waals surface area contributed by atoms with Crippen molar-refractivity contribution in [2.45, 2.75) is 33.4 Å². The third-order valence-corrected chi connectivity index (χ3v) is 6.32. The number of aliphatic hydroxyl groups is 1. The molecule has 7 heteroatoms. The van der Waals surface area contributed by atoms with E-state index in [-0.39, 0.29) is 17.9 Å². The normalized spacial score (nSPS) is 17.6. The van der Waals surface area contributed by atoms with Gasteiger partial charge in [0.1, 0.15) is 11.3 Å². The van der Waals surface area contributed by atoms with Gasteiger partial charge in [0.15, 0.2) is 5.76 Å². The molecular weight excluding hydrogens is 428 g/mol. The molecule has 4 aromatic rings. The van der Waals surface area contributed by atoms with Crippen LogP contribution in [0.3, 0.4) is 0 Å². The number of hydrogen-bond donors (Lipinski definition) is 1. The summed E-state index contributed by atoms with van der Waals surface area (Å²) in [7, 11) is 0. The van der Waals surface area contributed by atoms with Gasteiger partial charge in [0.25, 0.3) is 11.7 Å². The van der Waals surface area contributed by atoms with Gasteiger partial charge in [-0.05, 0) is 49.6 Å². The van der Waals surface area contributed by atoms with Crippen LogP contribution in [0.25, 0.3) is 11.4 Å². The molecule has 1 atom stereocenters. The van der Waals surface area contributed by atoms with Gasteiger partial charge in [-0.3, -0.25) is 14.6 Å². The first-order valence-corrected chi connectivity index (χ1v) is 11.1. The van der Waals surface area contributed by atoms with Gasteiger partial charge in [-0.2, -0.15) is 0 Å². The quantitative estimate of drug-likeness (QED) is 0.284. The van der Waals surface area contributed by atoms with Crippen LogP contribution in [0.4, 0.5) is 0 Å². The first kappa shape index (κ1) is 21.6. The molecule has 1 N–H and O–H groups in total. The predicted octanol–water partition coefficient (Wildman–Crippen LogP) is 4.28. The minimum Gasteiger partial charge on any atom is -0.505 e. The average Bonchev–Trinajstić information content (AvgIpc) is 3.30. The molecule has 0 aliphatic carbocycles. The van der Waals surface area contributed by atoms with Crippen LogP contribution < -0.4 is 0 Å². The number of fused-ring (bicyclic) bond motifs is 1. The second-order valence-corrected chi connectivity index (χ2v) is 8.63. The van der Waals surface area contributed by atoms with Crippen LogP contribution >= 0.6 is 0 Å². The van der Waals surface area contributed by atoms with Crippen molar-refractivity contribution in [2.24, 2.45) is 0 Å². The number of pyridine rings is 2. The molecular formula is C27H24N4O3. The van der Waals surface area contributed by atoms with Gasteiger partial charge in [-0.1, -0.05) is 42.0 Å². The lowest BCUT2D eigenvalue weighted by Crippen LogP contribution is -2.29. The summed E-state index contributed by atoms with van der Waals surface area (Å²) in [5, 5.41) is 11.4. The first-order valence-electron chi connectivity index (χ1n) is 11.1. The SMILES string of the molecule is Cc1ccc(C2/C(=C(\O)c3nc4c(C)cccn4c3C)C(=O)C(=O)N2Cc2cccnc2)cc1. The number of benzene rings is 1. The molecule has 0 saturated carbocycles. The smallest absolute Gasteiger partial charge is 0.295 e. The molecule has 1 saturated heterocycles. The largest absolute Gasteiger partial charge is 0.505 e. The standard InChI is InChI=1S/C27H24N4O3/c1-16-8-10-20(11-9-16)23-21(25(33)27(34)31(23)15-19-7-4-12-28-14-19)24(32)22-18(3)30-13-5-6-17(2)26(30)29-22/h4-14,23,32H,15H2,1-3H3/b24-21+.